The van der Waals surface area contributed by atoms with E-state index in [4.69, 9.17) is 4.42 Å². The predicted molar refractivity (Wildman–Crippen MR) is 104 cm³/mol. The summed E-state index contributed by atoms with van der Waals surface area (Å²) in [6.45, 7) is 2.10. The van der Waals surface area contributed by atoms with Crippen LogP contribution in [0.1, 0.15) is 29.1 Å². The van der Waals surface area contributed by atoms with Gasteiger partial charge >= 0.3 is 0 Å². The number of nitrogens with zero attached hydrogens (tertiary/aromatic N) is 1. The van der Waals surface area contributed by atoms with Crippen molar-refractivity contribution < 1.29 is 19.4 Å². The standard InChI is InChI=1S/C20H19NO5.ClH/c1-2-21(12-17(24)13-6-5-7-14(22)10-13)20(25)19-11-16(23)15-8-3-4-9-18(15)26-19;/h3-11,17,22,24H,2,12H2,1H3;1H. The third kappa shape index (κ3) is 4.48. The Balaban J connectivity index is 0.00000261. The molecule has 3 aromatic rings. The van der Waals surface area contributed by atoms with E-state index in [1.54, 1.807) is 43.3 Å². The van der Waals surface area contributed by atoms with Crippen LogP contribution in [0.15, 0.2) is 63.8 Å². The molecule has 2 N–H and O–H groups in total. The molecule has 0 saturated heterocycles. The monoisotopic (exact) mass is 389 g/mol. The highest BCUT2D eigenvalue weighted by molar-refractivity contribution is 5.93. The fourth-order valence-corrected chi connectivity index (χ4v) is 2.77. The summed E-state index contributed by atoms with van der Waals surface area (Å²) in [7, 11) is 0. The lowest BCUT2D eigenvalue weighted by atomic mass is 10.1. The summed E-state index contributed by atoms with van der Waals surface area (Å²) in [6, 6.07) is 14.1. The van der Waals surface area contributed by atoms with Gasteiger partial charge in [-0.1, -0.05) is 24.3 Å². The SMILES string of the molecule is CCN(CC(O)c1cccc(O)c1)C(=O)c1cc(=O)c2ccccc2o1.Cl. The Morgan fingerprint density at radius 1 is 1.15 bits per heavy atom. The summed E-state index contributed by atoms with van der Waals surface area (Å²) >= 11 is 0. The number of rotatable bonds is 5. The number of hydrogen-bond acceptors (Lipinski definition) is 5. The van der Waals surface area contributed by atoms with E-state index < -0.39 is 12.0 Å². The third-order valence-corrected chi connectivity index (χ3v) is 4.16. The molecule has 1 aromatic heterocycles. The van der Waals surface area contributed by atoms with Crippen molar-refractivity contribution in [2.45, 2.75) is 13.0 Å². The number of aliphatic hydroxyl groups excluding tert-OH is 1. The molecule has 3 rings (SSSR count). The number of aromatic hydroxyl groups is 1. The molecule has 1 atom stereocenters. The molecular formula is C20H20ClNO5. The first-order valence-corrected chi connectivity index (χ1v) is 8.28. The molecule has 0 aliphatic heterocycles. The zero-order chi connectivity index (χ0) is 18.7. The Hall–Kier alpha value is -2.83. The highest BCUT2D eigenvalue weighted by atomic mass is 35.5. The first-order chi connectivity index (χ1) is 12.5. The molecule has 6 nitrogen and oxygen atoms in total. The number of hydrogen-bond donors (Lipinski definition) is 2. The predicted octanol–water partition coefficient (Wildman–Crippen LogP) is 3.12. The van der Waals surface area contributed by atoms with E-state index in [0.717, 1.165) is 0 Å². The van der Waals surface area contributed by atoms with Crippen LogP contribution in [0.2, 0.25) is 0 Å². The Morgan fingerprint density at radius 3 is 2.59 bits per heavy atom. The molecule has 1 unspecified atom stereocenters. The van der Waals surface area contributed by atoms with E-state index in [2.05, 4.69) is 0 Å². The highest BCUT2D eigenvalue weighted by Gasteiger charge is 2.22. The van der Waals surface area contributed by atoms with Crippen LogP contribution in [-0.4, -0.2) is 34.1 Å². The Labute approximate surface area is 162 Å². The lowest BCUT2D eigenvalue weighted by Gasteiger charge is -2.23. The van der Waals surface area contributed by atoms with Crippen LogP contribution in [0, 0.1) is 0 Å². The Bertz CT molecular complexity index is 1000. The van der Waals surface area contributed by atoms with Gasteiger partial charge < -0.3 is 19.5 Å². The number of halogens is 1. The number of carbonyl (C=O) groups excluding carboxylic acids is 1. The maximum atomic E-state index is 12.7. The first kappa shape index (κ1) is 20.5. The normalized spacial score (nSPS) is 11.6. The largest absolute Gasteiger partial charge is 0.508 e. The first-order valence-electron chi connectivity index (χ1n) is 8.28. The van der Waals surface area contributed by atoms with Gasteiger partial charge in [0, 0.05) is 12.6 Å². The van der Waals surface area contributed by atoms with E-state index in [1.807, 2.05) is 0 Å². The summed E-state index contributed by atoms with van der Waals surface area (Å²) in [6.07, 6.45) is -0.974. The van der Waals surface area contributed by atoms with Gasteiger partial charge in [-0.25, -0.2) is 0 Å². The van der Waals surface area contributed by atoms with Gasteiger partial charge in [-0.2, -0.15) is 0 Å². The van der Waals surface area contributed by atoms with Crippen molar-refractivity contribution in [2.75, 3.05) is 13.1 Å². The molecule has 2 aromatic carbocycles. The lowest BCUT2D eigenvalue weighted by Crippen LogP contribution is -2.35. The molecular weight excluding hydrogens is 370 g/mol. The van der Waals surface area contributed by atoms with Gasteiger partial charge in [-0.05, 0) is 36.8 Å². The van der Waals surface area contributed by atoms with Gasteiger partial charge in [0.05, 0.1) is 18.0 Å². The fourth-order valence-electron chi connectivity index (χ4n) is 2.77. The number of fused-ring (bicyclic) bond motifs is 1. The van der Waals surface area contributed by atoms with E-state index in [9.17, 15) is 19.8 Å². The molecule has 7 heteroatoms. The van der Waals surface area contributed by atoms with Crippen molar-refractivity contribution >= 4 is 29.3 Å². The van der Waals surface area contributed by atoms with Crippen LogP contribution < -0.4 is 5.43 Å². The zero-order valence-corrected chi connectivity index (χ0v) is 15.5. The second-order valence-electron chi connectivity index (χ2n) is 5.93. The third-order valence-electron chi connectivity index (χ3n) is 4.16. The fraction of sp³-hybridized carbons (Fsp3) is 0.200. The molecule has 142 valence electrons. The van der Waals surface area contributed by atoms with Gasteiger partial charge in [0.15, 0.2) is 11.2 Å². The molecule has 27 heavy (non-hydrogen) atoms. The van der Waals surface area contributed by atoms with Crippen molar-refractivity contribution in [3.63, 3.8) is 0 Å². The molecule has 0 fully saturated rings. The summed E-state index contributed by atoms with van der Waals surface area (Å²) in [5.41, 5.74) is 0.545. The van der Waals surface area contributed by atoms with E-state index in [0.29, 0.717) is 23.1 Å². The maximum Gasteiger partial charge on any atom is 0.289 e. The van der Waals surface area contributed by atoms with Crippen LogP contribution >= 0.6 is 12.4 Å². The molecule has 1 amide bonds. The van der Waals surface area contributed by atoms with Crippen LogP contribution in [0.25, 0.3) is 11.0 Å². The maximum absolute atomic E-state index is 12.7. The Kier molecular flexibility index (Phi) is 6.60. The molecule has 0 aliphatic rings. The van der Waals surface area contributed by atoms with Crippen LogP contribution in [0.3, 0.4) is 0 Å². The smallest absolute Gasteiger partial charge is 0.289 e. The zero-order valence-electron chi connectivity index (χ0n) is 14.7. The molecule has 0 saturated carbocycles. The van der Waals surface area contributed by atoms with Gasteiger partial charge in [-0.15, -0.1) is 12.4 Å². The van der Waals surface area contributed by atoms with Crippen molar-refractivity contribution in [3.05, 3.63) is 76.1 Å². The topological polar surface area (TPSA) is 91.0 Å². The van der Waals surface area contributed by atoms with Crippen molar-refractivity contribution in [2.24, 2.45) is 0 Å². The van der Waals surface area contributed by atoms with Crippen molar-refractivity contribution in [1.29, 1.82) is 0 Å². The summed E-state index contributed by atoms with van der Waals surface area (Å²) in [4.78, 5) is 26.3. The van der Waals surface area contributed by atoms with Gasteiger partial charge in [0.1, 0.15) is 11.3 Å². The van der Waals surface area contributed by atoms with Gasteiger partial charge in [0.2, 0.25) is 0 Å². The van der Waals surface area contributed by atoms with Crippen LogP contribution in [0.4, 0.5) is 0 Å². The lowest BCUT2D eigenvalue weighted by molar-refractivity contribution is 0.0606. The number of aliphatic hydroxyl groups is 1. The average Bonchev–Trinajstić information content (AvgIpc) is 2.65. The average molecular weight is 390 g/mol. The van der Waals surface area contributed by atoms with Crippen LogP contribution in [0.5, 0.6) is 5.75 Å². The molecule has 0 bridgehead atoms. The van der Waals surface area contributed by atoms with E-state index in [-0.39, 0.29) is 35.9 Å². The van der Waals surface area contributed by atoms with E-state index in [1.165, 1.54) is 23.1 Å². The number of para-hydroxylation sites is 1. The molecule has 0 spiro atoms. The highest BCUT2D eigenvalue weighted by Crippen LogP contribution is 2.20. The summed E-state index contributed by atoms with van der Waals surface area (Å²) in [5.74, 6) is -0.510. The second kappa shape index (κ2) is 8.70. The second-order valence-corrected chi connectivity index (χ2v) is 5.93. The van der Waals surface area contributed by atoms with Gasteiger partial charge in [-0.3, -0.25) is 9.59 Å². The summed E-state index contributed by atoms with van der Waals surface area (Å²) in [5, 5.41) is 20.3. The Morgan fingerprint density at radius 2 is 1.89 bits per heavy atom. The van der Waals surface area contributed by atoms with E-state index >= 15 is 0 Å². The van der Waals surface area contributed by atoms with Crippen molar-refractivity contribution in [3.8, 4) is 5.75 Å². The molecule has 0 radical (unpaired) electrons. The minimum Gasteiger partial charge on any atom is -0.508 e. The number of amides is 1. The molecule has 1 heterocycles. The number of phenols is 1. The van der Waals surface area contributed by atoms with Gasteiger partial charge in [0.25, 0.3) is 5.91 Å². The molecule has 0 aliphatic carbocycles. The number of likely N-dealkylation sites (N-methyl/N-ethyl adjacent to an activating group) is 1. The van der Waals surface area contributed by atoms with Crippen molar-refractivity contribution in [1.82, 2.24) is 4.90 Å². The number of phenolic OH excluding ortho intramolecular Hbond substituents is 1. The summed E-state index contributed by atoms with van der Waals surface area (Å²) < 4.78 is 5.58. The quantitative estimate of drug-likeness (QED) is 0.699. The number of benzene rings is 2. The van der Waals surface area contributed by atoms with Crippen LogP contribution in [-0.2, 0) is 0 Å². The minimum atomic E-state index is -0.974. The number of carbonyl (C=O) groups is 1. The minimum absolute atomic E-state index is 0.